The molecular formula is C25H23ClN4O2S. The number of aliphatic imine (C=N–C) groups is 1. The number of anilines is 2. The second-order valence-corrected chi connectivity index (χ2v) is 9.15. The second-order valence-electron chi connectivity index (χ2n) is 7.63. The van der Waals surface area contributed by atoms with Gasteiger partial charge in [-0.15, -0.1) is 0 Å². The number of carbonyl (C=O) groups is 1. The molecule has 8 heteroatoms. The number of hydrazone groups is 1. The zero-order chi connectivity index (χ0) is 23.4. The molecule has 0 unspecified atom stereocenters. The summed E-state index contributed by atoms with van der Waals surface area (Å²) in [7, 11) is 0. The zero-order valence-corrected chi connectivity index (χ0v) is 19.8. The molecule has 6 nitrogen and oxygen atoms in total. The average Bonchev–Trinajstić information content (AvgIpc) is 2.82. The van der Waals surface area contributed by atoms with Crippen molar-refractivity contribution >= 4 is 52.6 Å². The topological polar surface area (TPSA) is 80.3 Å². The summed E-state index contributed by atoms with van der Waals surface area (Å²) in [4.78, 5) is 21.6. The van der Waals surface area contributed by atoms with Gasteiger partial charge >= 0.3 is 0 Å². The van der Waals surface area contributed by atoms with Gasteiger partial charge < -0.3 is 10.6 Å². The van der Waals surface area contributed by atoms with Crippen molar-refractivity contribution in [3.8, 4) is 5.75 Å². The molecule has 3 aromatic rings. The summed E-state index contributed by atoms with van der Waals surface area (Å²) in [6, 6.07) is 20.6. The molecule has 0 radical (unpaired) electrons. The highest BCUT2D eigenvalue weighted by atomic mass is 35.5. The van der Waals surface area contributed by atoms with Crippen LogP contribution >= 0.6 is 23.4 Å². The summed E-state index contributed by atoms with van der Waals surface area (Å²) >= 11 is 7.88. The number of para-hydroxylation sites is 1. The Balaban J connectivity index is 1.56. The number of benzene rings is 3. The van der Waals surface area contributed by atoms with Gasteiger partial charge in [-0.05, 0) is 68.4 Å². The first-order chi connectivity index (χ1) is 16.0. The minimum absolute atomic E-state index is 0.144. The summed E-state index contributed by atoms with van der Waals surface area (Å²) in [6.07, 6.45) is 1.61. The smallest absolute Gasteiger partial charge is 0.262 e. The summed E-state index contributed by atoms with van der Waals surface area (Å²) in [5.74, 6) is 5.87. The van der Waals surface area contributed by atoms with E-state index in [0.717, 1.165) is 21.2 Å². The van der Waals surface area contributed by atoms with Crippen LogP contribution in [0.5, 0.6) is 5.75 Å². The van der Waals surface area contributed by atoms with E-state index >= 15 is 0 Å². The summed E-state index contributed by atoms with van der Waals surface area (Å²) in [6.45, 7) is 4.11. The molecule has 0 aromatic heterocycles. The Hall–Kier alpha value is -3.29. The molecule has 0 fully saturated rings. The van der Waals surface area contributed by atoms with E-state index in [4.69, 9.17) is 22.2 Å². The van der Waals surface area contributed by atoms with Crippen molar-refractivity contribution in [2.75, 3.05) is 11.5 Å². The first-order valence-corrected chi connectivity index (χ1v) is 11.6. The molecule has 2 N–H and O–H groups in total. The molecule has 33 heavy (non-hydrogen) atoms. The highest BCUT2D eigenvalue weighted by Gasteiger charge is 2.29. The SMILES string of the molecule is CC(C)N=C/C(COc1ccc(C(=O)N2c3ccccc3Sc3ccc(Cl)cc32)cc1)=N\N. The molecule has 0 saturated carbocycles. The van der Waals surface area contributed by atoms with Gasteiger partial charge in [0.05, 0.1) is 11.4 Å². The third kappa shape index (κ3) is 5.21. The van der Waals surface area contributed by atoms with Crippen molar-refractivity contribution in [1.29, 1.82) is 0 Å². The standard InChI is InChI=1S/C25H23ClN4O2S/c1-16(2)28-14-19(29-27)15-32-20-10-7-17(8-11-20)25(31)30-21-5-3-4-6-23(21)33-24-12-9-18(26)13-22(24)30/h3-14,16H,15,27H2,1-2H3/b28-14?,29-19+. The van der Waals surface area contributed by atoms with Gasteiger partial charge in [0.2, 0.25) is 0 Å². The van der Waals surface area contributed by atoms with Crippen LogP contribution in [0.1, 0.15) is 24.2 Å². The monoisotopic (exact) mass is 478 g/mol. The highest BCUT2D eigenvalue weighted by molar-refractivity contribution is 7.99. The van der Waals surface area contributed by atoms with Crippen molar-refractivity contribution in [2.24, 2.45) is 15.9 Å². The summed E-state index contributed by atoms with van der Waals surface area (Å²) in [5, 5.41) is 4.28. The first-order valence-electron chi connectivity index (χ1n) is 10.4. The van der Waals surface area contributed by atoms with Crippen LogP contribution in [0.2, 0.25) is 5.02 Å². The molecule has 3 aromatic carbocycles. The van der Waals surface area contributed by atoms with Crippen molar-refractivity contribution < 1.29 is 9.53 Å². The number of amides is 1. The Labute approximate surface area is 202 Å². The quantitative estimate of drug-likeness (QED) is 0.269. The van der Waals surface area contributed by atoms with Crippen LogP contribution in [-0.2, 0) is 0 Å². The normalized spacial score (nSPS) is 13.2. The number of carbonyl (C=O) groups excluding carboxylic acids is 1. The number of nitrogens with two attached hydrogens (primary N) is 1. The lowest BCUT2D eigenvalue weighted by atomic mass is 10.1. The number of ether oxygens (including phenoxy) is 1. The average molecular weight is 479 g/mol. The van der Waals surface area contributed by atoms with E-state index in [1.54, 1.807) is 47.1 Å². The van der Waals surface area contributed by atoms with Gasteiger partial charge in [0.15, 0.2) is 0 Å². The first kappa shape index (κ1) is 22.9. The predicted octanol–water partition coefficient (Wildman–Crippen LogP) is 5.96. The van der Waals surface area contributed by atoms with E-state index in [2.05, 4.69) is 10.1 Å². The number of fused-ring (bicyclic) bond motifs is 2. The molecule has 0 atom stereocenters. The van der Waals surface area contributed by atoms with Crippen LogP contribution in [-0.4, -0.2) is 30.5 Å². The largest absolute Gasteiger partial charge is 0.487 e. The molecule has 1 heterocycles. The maximum absolute atomic E-state index is 13.6. The van der Waals surface area contributed by atoms with Crippen molar-refractivity contribution in [3.63, 3.8) is 0 Å². The fraction of sp³-hybridized carbons (Fsp3) is 0.160. The Bertz CT molecular complexity index is 1230. The van der Waals surface area contributed by atoms with E-state index in [1.165, 1.54) is 0 Å². The lowest BCUT2D eigenvalue weighted by molar-refractivity contribution is 0.0998. The highest BCUT2D eigenvalue weighted by Crippen LogP contribution is 2.49. The van der Waals surface area contributed by atoms with Crippen LogP contribution in [0.3, 0.4) is 0 Å². The van der Waals surface area contributed by atoms with Crippen LogP contribution < -0.4 is 15.5 Å². The molecule has 1 aliphatic rings. The van der Waals surface area contributed by atoms with Crippen LogP contribution in [0, 0.1) is 0 Å². The molecular weight excluding hydrogens is 456 g/mol. The Kier molecular flexibility index (Phi) is 7.01. The van der Waals surface area contributed by atoms with E-state index in [0.29, 0.717) is 22.0 Å². The van der Waals surface area contributed by atoms with E-state index < -0.39 is 0 Å². The molecule has 0 aliphatic carbocycles. The predicted molar refractivity (Wildman–Crippen MR) is 136 cm³/mol. The number of rotatable bonds is 6. The van der Waals surface area contributed by atoms with Crippen LogP contribution in [0.15, 0.2) is 86.6 Å². The number of halogens is 1. The van der Waals surface area contributed by atoms with E-state index in [-0.39, 0.29) is 18.6 Å². The molecule has 0 saturated heterocycles. The minimum Gasteiger partial charge on any atom is -0.487 e. The van der Waals surface area contributed by atoms with Gasteiger partial charge in [0, 0.05) is 32.6 Å². The lowest BCUT2D eigenvalue weighted by Gasteiger charge is -2.31. The third-order valence-electron chi connectivity index (χ3n) is 4.87. The minimum atomic E-state index is -0.147. The molecule has 1 aliphatic heterocycles. The number of hydrogen-bond acceptors (Lipinski definition) is 6. The van der Waals surface area contributed by atoms with Crippen LogP contribution in [0.4, 0.5) is 11.4 Å². The van der Waals surface area contributed by atoms with E-state index in [1.807, 2.05) is 56.3 Å². The molecule has 4 rings (SSSR count). The number of nitrogens with zero attached hydrogens (tertiary/aromatic N) is 3. The van der Waals surface area contributed by atoms with Gasteiger partial charge in [0.25, 0.3) is 5.91 Å². The maximum Gasteiger partial charge on any atom is 0.262 e. The fourth-order valence-electron chi connectivity index (χ4n) is 3.27. The summed E-state index contributed by atoms with van der Waals surface area (Å²) < 4.78 is 5.75. The Morgan fingerprint density at radius 1 is 1.09 bits per heavy atom. The van der Waals surface area contributed by atoms with Crippen molar-refractivity contribution in [2.45, 2.75) is 29.7 Å². The molecule has 168 valence electrons. The van der Waals surface area contributed by atoms with Gasteiger partial charge in [0.1, 0.15) is 18.1 Å². The Morgan fingerprint density at radius 3 is 2.55 bits per heavy atom. The molecule has 0 spiro atoms. The van der Waals surface area contributed by atoms with E-state index in [9.17, 15) is 4.79 Å². The summed E-state index contributed by atoms with van der Waals surface area (Å²) in [5.41, 5.74) is 2.66. The fourth-order valence-corrected chi connectivity index (χ4v) is 4.47. The van der Waals surface area contributed by atoms with Crippen LogP contribution in [0.25, 0.3) is 0 Å². The van der Waals surface area contributed by atoms with Gasteiger partial charge in [-0.25, -0.2) is 0 Å². The number of hydrogen-bond donors (Lipinski definition) is 1. The second kappa shape index (κ2) is 10.1. The molecule has 1 amide bonds. The molecule has 0 bridgehead atoms. The Morgan fingerprint density at radius 2 is 1.82 bits per heavy atom. The van der Waals surface area contributed by atoms with Crippen molar-refractivity contribution in [3.05, 3.63) is 77.3 Å². The van der Waals surface area contributed by atoms with Crippen molar-refractivity contribution in [1.82, 2.24) is 0 Å². The maximum atomic E-state index is 13.6. The van der Waals surface area contributed by atoms with Gasteiger partial charge in [-0.3, -0.25) is 14.7 Å². The zero-order valence-electron chi connectivity index (χ0n) is 18.2. The lowest BCUT2D eigenvalue weighted by Crippen LogP contribution is -2.28. The third-order valence-corrected chi connectivity index (χ3v) is 6.23. The van der Waals surface area contributed by atoms with Gasteiger partial charge in [-0.2, -0.15) is 5.10 Å². The van der Waals surface area contributed by atoms with Gasteiger partial charge in [-0.1, -0.05) is 35.5 Å².